The van der Waals surface area contributed by atoms with Crippen molar-refractivity contribution >= 4 is 33.2 Å². The summed E-state index contributed by atoms with van der Waals surface area (Å²) in [6.07, 6.45) is 2.48. The molecule has 0 aromatic heterocycles. The third kappa shape index (κ3) is 3.45. The molecule has 5 nitrogen and oxygen atoms in total. The molecule has 7 heteroatoms. The number of fused-ring (bicyclic) bond motifs is 1. The predicted octanol–water partition coefficient (Wildman–Crippen LogP) is 3.96. The highest BCUT2D eigenvalue weighted by atomic mass is 35.5. The Kier molecular flexibility index (Phi) is 5.21. The fourth-order valence-electron chi connectivity index (χ4n) is 3.90. The largest absolute Gasteiger partial charge is 0.308 e. The molecule has 4 rings (SSSR count). The van der Waals surface area contributed by atoms with Crippen LogP contribution in [-0.4, -0.2) is 38.3 Å². The third-order valence-corrected chi connectivity index (χ3v) is 7.91. The van der Waals surface area contributed by atoms with E-state index >= 15 is 0 Å². The van der Waals surface area contributed by atoms with Crippen molar-refractivity contribution in [3.63, 3.8) is 0 Å². The van der Waals surface area contributed by atoms with Crippen LogP contribution in [0.1, 0.15) is 35.7 Å². The van der Waals surface area contributed by atoms with Crippen LogP contribution in [0.15, 0.2) is 47.4 Å². The number of anilines is 1. The summed E-state index contributed by atoms with van der Waals surface area (Å²) in [5.74, 6) is 0.267. The van der Waals surface area contributed by atoms with Gasteiger partial charge in [0.15, 0.2) is 0 Å². The van der Waals surface area contributed by atoms with Crippen molar-refractivity contribution in [3.8, 4) is 0 Å². The first-order chi connectivity index (χ1) is 13.4. The van der Waals surface area contributed by atoms with Gasteiger partial charge in [-0.05, 0) is 55.0 Å². The van der Waals surface area contributed by atoms with Crippen molar-refractivity contribution in [1.82, 2.24) is 4.31 Å². The first-order valence-corrected chi connectivity index (χ1v) is 11.4. The van der Waals surface area contributed by atoms with Gasteiger partial charge in [0.1, 0.15) is 0 Å². The second-order valence-corrected chi connectivity index (χ2v) is 9.91. The van der Waals surface area contributed by atoms with Gasteiger partial charge in [-0.15, -0.1) is 0 Å². The first kappa shape index (κ1) is 19.4. The number of rotatable bonds is 3. The Hall–Kier alpha value is -1.89. The Morgan fingerprint density at radius 3 is 2.54 bits per heavy atom. The van der Waals surface area contributed by atoms with Crippen LogP contribution in [0, 0.1) is 5.92 Å². The summed E-state index contributed by atoms with van der Waals surface area (Å²) in [6, 6.07) is 12.2. The van der Waals surface area contributed by atoms with Crippen LogP contribution in [0.4, 0.5) is 5.69 Å². The Labute approximate surface area is 171 Å². The van der Waals surface area contributed by atoms with Gasteiger partial charge in [-0.25, -0.2) is 8.42 Å². The van der Waals surface area contributed by atoms with Gasteiger partial charge >= 0.3 is 0 Å². The summed E-state index contributed by atoms with van der Waals surface area (Å²) in [5, 5.41) is 0.264. The minimum Gasteiger partial charge on any atom is -0.308 e. The molecule has 0 aliphatic carbocycles. The van der Waals surface area contributed by atoms with Gasteiger partial charge in [-0.2, -0.15) is 4.31 Å². The molecule has 28 heavy (non-hydrogen) atoms. The molecule has 1 saturated heterocycles. The summed E-state index contributed by atoms with van der Waals surface area (Å²) >= 11 is 6.30. The topological polar surface area (TPSA) is 57.7 Å². The lowest BCUT2D eigenvalue weighted by Crippen LogP contribution is -2.38. The van der Waals surface area contributed by atoms with Crippen LogP contribution < -0.4 is 4.90 Å². The lowest BCUT2D eigenvalue weighted by atomic mass is 10.0. The van der Waals surface area contributed by atoms with Gasteiger partial charge in [0.05, 0.1) is 15.5 Å². The number of para-hydroxylation sites is 1. The molecule has 0 atom stereocenters. The second-order valence-electron chi connectivity index (χ2n) is 7.56. The van der Waals surface area contributed by atoms with E-state index in [1.165, 1.54) is 22.5 Å². The number of benzene rings is 2. The highest BCUT2D eigenvalue weighted by Crippen LogP contribution is 2.32. The molecular weight excluding hydrogens is 396 g/mol. The smallest absolute Gasteiger partial charge is 0.259 e. The van der Waals surface area contributed by atoms with E-state index < -0.39 is 10.0 Å². The maximum atomic E-state index is 13.2. The Balaban J connectivity index is 1.65. The average Bonchev–Trinajstić information content (AvgIpc) is 3.12. The van der Waals surface area contributed by atoms with E-state index in [2.05, 4.69) is 6.92 Å². The van der Waals surface area contributed by atoms with Gasteiger partial charge in [-0.1, -0.05) is 36.7 Å². The fraction of sp³-hybridized carbons (Fsp3) is 0.381. The molecule has 148 valence electrons. The van der Waals surface area contributed by atoms with Crippen molar-refractivity contribution in [2.45, 2.75) is 31.1 Å². The van der Waals surface area contributed by atoms with E-state index in [1.807, 2.05) is 24.3 Å². The highest BCUT2D eigenvalue weighted by molar-refractivity contribution is 7.89. The Bertz CT molecular complexity index is 1010. The zero-order valence-corrected chi connectivity index (χ0v) is 17.3. The van der Waals surface area contributed by atoms with Crippen LogP contribution in [0.3, 0.4) is 0 Å². The van der Waals surface area contributed by atoms with Crippen LogP contribution in [0.25, 0.3) is 0 Å². The predicted molar refractivity (Wildman–Crippen MR) is 110 cm³/mol. The van der Waals surface area contributed by atoms with E-state index in [1.54, 1.807) is 4.90 Å². The van der Waals surface area contributed by atoms with Gasteiger partial charge in [0.2, 0.25) is 10.0 Å². The number of carbonyl (C=O) groups is 1. The van der Waals surface area contributed by atoms with Gasteiger partial charge in [-0.3, -0.25) is 4.79 Å². The monoisotopic (exact) mass is 418 g/mol. The molecule has 0 radical (unpaired) electrons. The van der Waals surface area contributed by atoms with Gasteiger partial charge < -0.3 is 4.90 Å². The van der Waals surface area contributed by atoms with Gasteiger partial charge in [0, 0.05) is 25.3 Å². The molecule has 2 heterocycles. The normalized spacial score (nSPS) is 18.3. The van der Waals surface area contributed by atoms with Gasteiger partial charge in [0.25, 0.3) is 5.91 Å². The maximum Gasteiger partial charge on any atom is 0.259 e. The fourth-order valence-corrected chi connectivity index (χ4v) is 5.59. The summed E-state index contributed by atoms with van der Waals surface area (Å²) < 4.78 is 27.6. The molecule has 0 saturated carbocycles. The molecule has 1 amide bonds. The van der Waals surface area contributed by atoms with Crippen molar-refractivity contribution in [1.29, 1.82) is 0 Å². The number of sulfonamides is 1. The quantitative estimate of drug-likeness (QED) is 0.757. The molecule has 0 spiro atoms. The van der Waals surface area contributed by atoms with Crippen LogP contribution in [0.2, 0.25) is 5.02 Å². The molecule has 0 bridgehead atoms. The van der Waals surface area contributed by atoms with Crippen LogP contribution in [-0.2, 0) is 16.4 Å². The number of carbonyl (C=O) groups excluding carboxylic acids is 1. The molecule has 2 aromatic carbocycles. The zero-order valence-electron chi connectivity index (χ0n) is 15.8. The molecule has 2 aromatic rings. The molecule has 1 fully saturated rings. The number of hydrogen-bond acceptors (Lipinski definition) is 3. The number of amides is 1. The number of halogens is 1. The van der Waals surface area contributed by atoms with Crippen molar-refractivity contribution in [3.05, 3.63) is 58.6 Å². The summed E-state index contributed by atoms with van der Waals surface area (Å²) in [4.78, 5) is 15.0. The van der Waals surface area contributed by atoms with Crippen molar-refractivity contribution in [2.24, 2.45) is 5.92 Å². The Morgan fingerprint density at radius 1 is 1.07 bits per heavy atom. The Morgan fingerprint density at radius 2 is 1.79 bits per heavy atom. The molecule has 2 aliphatic heterocycles. The summed E-state index contributed by atoms with van der Waals surface area (Å²) in [6.45, 7) is 3.72. The molecule has 0 N–H and O–H groups in total. The van der Waals surface area contributed by atoms with E-state index in [4.69, 9.17) is 11.6 Å². The van der Waals surface area contributed by atoms with Crippen LogP contribution in [0.5, 0.6) is 0 Å². The van der Waals surface area contributed by atoms with Crippen LogP contribution >= 0.6 is 11.6 Å². The minimum absolute atomic E-state index is 0.127. The average molecular weight is 419 g/mol. The van der Waals surface area contributed by atoms with E-state index in [0.29, 0.717) is 25.6 Å². The van der Waals surface area contributed by atoms with E-state index in [-0.39, 0.29) is 21.4 Å². The van der Waals surface area contributed by atoms with E-state index in [0.717, 1.165) is 30.5 Å². The lowest BCUT2D eigenvalue weighted by Gasteiger charge is -2.29. The third-order valence-electron chi connectivity index (χ3n) is 5.68. The number of piperidine rings is 1. The number of nitrogens with zero attached hydrogens (tertiary/aromatic N) is 2. The molecule has 2 aliphatic rings. The number of hydrogen-bond donors (Lipinski definition) is 0. The van der Waals surface area contributed by atoms with Crippen molar-refractivity contribution in [2.75, 3.05) is 24.5 Å². The standard InChI is InChI=1S/C21H23ClN2O3S/c1-15-8-11-23(12-9-15)28(26,27)17-6-7-19(22)18(14-17)21(25)24-13-10-16-4-2-3-5-20(16)24/h2-7,14-15H,8-13H2,1H3. The molecular formula is C21H23ClN2O3S. The lowest BCUT2D eigenvalue weighted by molar-refractivity contribution is 0.0989. The maximum absolute atomic E-state index is 13.2. The summed E-state index contributed by atoms with van der Waals surface area (Å²) in [7, 11) is -3.64. The SMILES string of the molecule is CC1CCN(S(=O)(=O)c2ccc(Cl)c(C(=O)N3CCc4ccccc43)c2)CC1. The van der Waals surface area contributed by atoms with Crippen molar-refractivity contribution < 1.29 is 13.2 Å². The highest BCUT2D eigenvalue weighted by Gasteiger charge is 2.31. The summed E-state index contributed by atoms with van der Waals surface area (Å²) in [5.41, 5.74) is 2.20. The minimum atomic E-state index is -3.64. The second kappa shape index (κ2) is 7.50. The zero-order chi connectivity index (χ0) is 19.9. The molecule has 0 unspecified atom stereocenters. The first-order valence-electron chi connectivity index (χ1n) is 9.57. The van der Waals surface area contributed by atoms with E-state index in [9.17, 15) is 13.2 Å².